The number of benzene rings is 8. The highest BCUT2D eigenvalue weighted by Gasteiger charge is 2.28. The zero-order chi connectivity index (χ0) is 96.9. The fourth-order valence-electron chi connectivity index (χ4n) is 13.1. The van der Waals surface area contributed by atoms with Gasteiger partial charge in [-0.15, -0.1) is 0 Å². The van der Waals surface area contributed by atoms with Crippen LogP contribution in [-0.2, 0) is 114 Å². The minimum atomic E-state index is -3.41. The van der Waals surface area contributed by atoms with Gasteiger partial charge in [-0.3, -0.25) is 68.1 Å². The molecule has 5 N–H and O–H groups in total. The average molecular weight is 1950 g/mol. The van der Waals surface area contributed by atoms with Crippen LogP contribution in [0.1, 0.15) is 133 Å². The van der Waals surface area contributed by atoms with Crippen LogP contribution in [0.2, 0.25) is 5.02 Å². The Morgan fingerprint density at radius 2 is 0.692 bits per heavy atom. The summed E-state index contributed by atoms with van der Waals surface area (Å²) >= 11 is 9.19. The third-order valence-electron chi connectivity index (χ3n) is 18.9. The number of rotatable bonds is 24. The van der Waals surface area contributed by atoms with Crippen molar-refractivity contribution in [3.63, 3.8) is 0 Å². The minimum Gasteiger partial charge on any atom is -0.397 e. The average Bonchev–Trinajstić information content (AvgIpc) is 1.71. The van der Waals surface area contributed by atoms with Crippen molar-refractivity contribution in [1.82, 2.24) is 82.5 Å². The van der Waals surface area contributed by atoms with Gasteiger partial charge in [0.25, 0.3) is 0 Å². The summed E-state index contributed by atoms with van der Waals surface area (Å²) < 4.78 is 84.6. The van der Waals surface area contributed by atoms with Gasteiger partial charge in [-0.25, -0.2) is 53.9 Å². The van der Waals surface area contributed by atoms with Gasteiger partial charge in [-0.1, -0.05) is 74.7 Å². The molecule has 0 spiro atoms. The van der Waals surface area contributed by atoms with Gasteiger partial charge in [-0.2, -0.15) is 0 Å². The summed E-state index contributed by atoms with van der Waals surface area (Å²) in [5, 5.41) is 86.3. The second-order valence-electron chi connectivity index (χ2n) is 30.4. The summed E-state index contributed by atoms with van der Waals surface area (Å²) in [6, 6.07) is 26.1. The molecule has 694 valence electrons. The lowest BCUT2D eigenvalue weighted by atomic mass is 9.96. The van der Waals surface area contributed by atoms with Crippen LogP contribution in [0.25, 0.3) is 88.3 Å². The van der Waals surface area contributed by atoms with Crippen molar-refractivity contribution >= 4 is 222 Å². The third-order valence-corrected chi connectivity index (χ3v) is 21.3. The van der Waals surface area contributed by atoms with E-state index >= 15 is 0 Å². The van der Waals surface area contributed by atoms with E-state index in [-0.39, 0.29) is 129 Å². The molecule has 0 aliphatic heterocycles. The molecule has 2 amide bonds. The molecule has 8 heterocycles. The van der Waals surface area contributed by atoms with Crippen LogP contribution < -0.4 is 21.1 Å². The number of sulfone groups is 1. The van der Waals surface area contributed by atoms with Crippen LogP contribution in [-0.4, -0.2) is 174 Å². The normalized spacial score (nSPS) is 11.7. The number of carbonyl (C=O) groups excluding carboxylic acids is 9. The number of hydrogen-bond acceptors (Lipinski definition) is 42. The lowest BCUT2D eigenvalue weighted by Crippen LogP contribution is -2.18. The molecule has 0 atom stereocenters. The molecule has 8 aromatic heterocycles. The number of anilines is 4. The topological polar surface area (TPSA) is 682 Å². The highest BCUT2D eigenvalue weighted by molar-refractivity contribution is 9.10. The van der Waals surface area contributed by atoms with Crippen LogP contribution >= 0.6 is 27.5 Å². The molecule has 16 aromatic rings. The number of aromatic nitrogens is 16. The number of nitrogens with zero attached hydrogens (tertiary/aromatic N) is 18. The number of sulfonamides is 1. The van der Waals surface area contributed by atoms with Crippen molar-refractivity contribution in [2.24, 2.45) is 11.8 Å². The Bertz CT molecular complexity index is 7070. The van der Waals surface area contributed by atoms with Crippen molar-refractivity contribution < 1.29 is 107 Å². The molecule has 51 heteroatoms. The van der Waals surface area contributed by atoms with Crippen LogP contribution in [0.3, 0.4) is 0 Å². The number of nitrogen functional groups attached to an aromatic ring is 1. The van der Waals surface area contributed by atoms with E-state index in [0.717, 1.165) is 70.5 Å². The fourth-order valence-corrected chi connectivity index (χ4v) is 15.0. The monoisotopic (exact) mass is 1950 g/mol. The number of amides is 2. The van der Waals surface area contributed by atoms with E-state index < -0.39 is 29.7 Å². The standard InChI is InChI=1S/C13H13N3O4.C13H15N3O3.C11H11N3O3.C10H11N3O4S.C9H7BrN2O2.C9H7ClN2O2.C9H9N3O2.C8H7N3O5S/c17-11(8-3-1-2-4-8)7-9-5-6-10(16(18)19)13-12(9)14-20-15-13;1-7(2)13(18)14-10-5-4-9(6-8(3)17)11-12(10)16-19-15-11;1-6(15)5-8-3-4-9(12-7(2)16)11-10(8)13-17-14-11;1-6(14)5-7-3-4-8(13-18(2,15)16)10-9(7)11-17-12-10;3*1-5(13)4-6-2-3-7(10)9-8(6)11-14-12-9;1-17(14,15)4-5-2-3-6(11(12)13)8-7(5)9-16-10-8/h5-6,8H,1-4,7H2;4-5,7H,6H2,1-3H3,(H,14,18);3-4H,5H2,1-2H3,(H,12,16);3-4,13H,5H2,1-2H3;2*2-3H,4H2,1H3;2-3H,4,10H2,1H3;2-3H,4H2,1H3. The molecule has 1 fully saturated rings. The number of non-ortho nitro benzene ring substituents is 2. The lowest BCUT2D eigenvalue weighted by molar-refractivity contribution is -0.383. The third kappa shape index (κ3) is 27.2. The fraction of sp³-hybridized carbons (Fsp3) is 0.305. The number of hydrogen-bond donors (Lipinski definition) is 4. The zero-order valence-electron chi connectivity index (χ0n) is 72.3. The first-order valence-electron chi connectivity index (χ1n) is 39.5. The molecule has 0 unspecified atom stereocenters. The number of nitro benzene ring substituents is 2. The second kappa shape index (κ2) is 44.8. The summed E-state index contributed by atoms with van der Waals surface area (Å²) in [5.41, 5.74) is 19.2. The Morgan fingerprint density at radius 3 is 1.08 bits per heavy atom. The molecular formula is C82H80BrClN22O25S2. The number of nitrogens with two attached hydrogens (primary N) is 1. The Hall–Kier alpha value is -15.3. The van der Waals surface area contributed by atoms with Crippen LogP contribution in [0.15, 0.2) is 139 Å². The summed E-state index contributed by atoms with van der Waals surface area (Å²) in [5.74, 6) is -0.166. The van der Waals surface area contributed by atoms with Gasteiger partial charge in [0.1, 0.15) is 90.1 Å². The van der Waals surface area contributed by atoms with E-state index in [9.17, 15) is 80.2 Å². The molecule has 8 aromatic carbocycles. The van der Waals surface area contributed by atoms with E-state index in [0.29, 0.717) is 130 Å². The van der Waals surface area contributed by atoms with Crippen molar-refractivity contribution in [1.29, 1.82) is 0 Å². The summed E-state index contributed by atoms with van der Waals surface area (Å²) in [6.45, 7) is 14.1. The number of carbonyl (C=O) groups is 9. The van der Waals surface area contributed by atoms with Crippen LogP contribution in [0.4, 0.5) is 34.1 Å². The maximum absolute atomic E-state index is 12.2. The predicted molar refractivity (Wildman–Crippen MR) is 477 cm³/mol. The SMILES string of the molecule is CC(=O)Cc1ccc(Br)c2nonc12.CC(=O)Cc1ccc(Cl)c2nonc12.CC(=O)Cc1ccc(N)c2nonc12.CC(=O)Cc1ccc(NC(=O)C(C)C)c2nonc12.CC(=O)Cc1ccc(NC(C)=O)c2nonc12.CC(=O)Cc1ccc(NS(C)(=O)=O)c2nonc12.CS(=O)(=O)Cc1ccc([N+](=O)[O-])c2nonc12.O=C(Cc1ccc([N+](=O)[O-])c2nonc12)C1CCCC1. The Morgan fingerprint density at radius 1 is 0.398 bits per heavy atom. The molecule has 1 aliphatic carbocycles. The molecule has 17 rings (SSSR count). The van der Waals surface area contributed by atoms with Gasteiger partial charge < -0.3 is 16.4 Å². The molecule has 133 heavy (non-hydrogen) atoms. The summed E-state index contributed by atoms with van der Waals surface area (Å²) in [6.07, 6.45) is 8.13. The molecule has 47 nitrogen and oxygen atoms in total. The molecular weight excluding hydrogens is 1870 g/mol. The van der Waals surface area contributed by atoms with Crippen molar-refractivity contribution in [2.75, 3.05) is 33.6 Å². The Labute approximate surface area is 762 Å². The number of nitro groups is 2. The summed E-state index contributed by atoms with van der Waals surface area (Å²) in [7, 11) is -6.67. The van der Waals surface area contributed by atoms with Crippen LogP contribution in [0, 0.1) is 32.1 Å². The molecule has 0 radical (unpaired) electrons. The molecule has 1 aliphatic rings. The van der Waals surface area contributed by atoms with E-state index in [2.05, 4.69) is 146 Å². The molecule has 0 saturated heterocycles. The van der Waals surface area contributed by atoms with Gasteiger partial charge in [0.15, 0.2) is 37.4 Å². The van der Waals surface area contributed by atoms with E-state index in [1.54, 1.807) is 81.4 Å². The highest BCUT2D eigenvalue weighted by atomic mass is 79.9. The number of ketones is 7. The first kappa shape index (κ1) is 99.8. The van der Waals surface area contributed by atoms with Gasteiger partial charge >= 0.3 is 11.4 Å². The van der Waals surface area contributed by atoms with Crippen molar-refractivity contribution in [3.05, 3.63) is 171 Å². The number of nitrogens with one attached hydrogen (secondary N) is 3. The first-order chi connectivity index (χ1) is 63.0. The maximum atomic E-state index is 12.2. The van der Waals surface area contributed by atoms with E-state index in [1.165, 1.54) is 65.8 Å². The lowest BCUT2D eigenvalue weighted by Gasteiger charge is -2.08. The second-order valence-corrected chi connectivity index (χ2v) is 35.6. The van der Waals surface area contributed by atoms with Gasteiger partial charge in [-0.05, 0) is 246 Å². The quantitative estimate of drug-likeness (QED) is 0.0248. The summed E-state index contributed by atoms with van der Waals surface area (Å²) in [4.78, 5) is 122. The zero-order valence-corrected chi connectivity index (χ0v) is 76.3. The van der Waals surface area contributed by atoms with Crippen molar-refractivity contribution in [2.45, 2.75) is 139 Å². The Balaban J connectivity index is 0.000000158. The number of fused-ring (bicyclic) bond motifs is 8. The van der Waals surface area contributed by atoms with Gasteiger partial charge in [0.05, 0.1) is 49.6 Å². The smallest absolute Gasteiger partial charge is 0.300 e. The van der Waals surface area contributed by atoms with E-state index in [1.807, 2.05) is 12.1 Å². The minimum absolute atomic E-state index is 0.0249. The number of Topliss-reactive ketones (excluding diaryl/α,β-unsaturated/α-hetero) is 7. The molecule has 1 saturated carbocycles. The van der Waals surface area contributed by atoms with Gasteiger partial charge in [0, 0.05) is 86.6 Å². The van der Waals surface area contributed by atoms with Gasteiger partial charge in [0.2, 0.25) is 32.9 Å². The van der Waals surface area contributed by atoms with E-state index in [4.69, 9.17) is 22.0 Å². The predicted octanol–water partition coefficient (Wildman–Crippen LogP) is 12.2. The van der Waals surface area contributed by atoms with Crippen molar-refractivity contribution in [3.8, 4) is 0 Å². The molecule has 0 bridgehead atoms. The number of halogens is 2. The highest BCUT2D eigenvalue weighted by Crippen LogP contribution is 2.34. The van der Waals surface area contributed by atoms with Crippen LogP contribution in [0.5, 0.6) is 0 Å². The Kier molecular flexibility index (Phi) is 33.6. The maximum Gasteiger partial charge on any atom is 0.300 e. The first-order valence-corrected chi connectivity index (χ1v) is 44.7. The largest absolute Gasteiger partial charge is 0.397 e.